The number of ether oxygens (including phenoxy) is 2. The minimum absolute atomic E-state index is 0.127. The van der Waals surface area contributed by atoms with Gasteiger partial charge in [-0.15, -0.1) is 0 Å². The number of pyridine rings is 2. The van der Waals surface area contributed by atoms with Gasteiger partial charge in [0.1, 0.15) is 17.2 Å². The molecule has 2 aromatic heterocycles. The predicted octanol–water partition coefficient (Wildman–Crippen LogP) is 4.65. The Hall–Kier alpha value is -2.97. The van der Waals surface area contributed by atoms with Crippen molar-refractivity contribution in [3.05, 3.63) is 54.3 Å². The van der Waals surface area contributed by atoms with E-state index in [1.165, 1.54) is 12.8 Å². The highest BCUT2D eigenvalue weighted by atomic mass is 16.5. The fourth-order valence-electron chi connectivity index (χ4n) is 4.30. The Bertz CT molecular complexity index is 1010. The largest absolute Gasteiger partial charge is 0.454 e. The van der Waals surface area contributed by atoms with Crippen molar-refractivity contribution in [2.24, 2.45) is 5.92 Å². The molecule has 0 radical (unpaired) electrons. The number of anilines is 2. The van der Waals surface area contributed by atoms with Gasteiger partial charge in [0.2, 0.25) is 0 Å². The van der Waals surface area contributed by atoms with Crippen LogP contribution < -0.4 is 15.4 Å². The van der Waals surface area contributed by atoms with E-state index in [0.29, 0.717) is 48.0 Å². The molecule has 0 bridgehead atoms. The molecule has 2 aromatic rings. The standard InChI is InChI=1S/C26H35N5O3/c1-26(2,32)23-15-20(7-11-28-23)31-24-16-21(8-12-29-24)34-22(17-30-19-5-3-4-6-19)25(27)18-9-13-33-14-10-18/h7-8,11-12,15-19,27,30,32H,3-6,9-10,13-14H2,1-2H3,(H,28,29,31)/b22-17+,27-25?. The van der Waals surface area contributed by atoms with Crippen molar-refractivity contribution in [1.29, 1.82) is 5.41 Å². The molecule has 1 saturated heterocycles. The number of rotatable bonds is 9. The molecule has 2 fully saturated rings. The number of nitrogens with one attached hydrogen (secondary N) is 3. The van der Waals surface area contributed by atoms with E-state index < -0.39 is 5.60 Å². The zero-order chi connectivity index (χ0) is 24.0. The van der Waals surface area contributed by atoms with Gasteiger partial charge < -0.3 is 30.6 Å². The minimum atomic E-state index is -1.04. The van der Waals surface area contributed by atoms with E-state index in [2.05, 4.69) is 20.6 Å². The zero-order valence-electron chi connectivity index (χ0n) is 20.0. The van der Waals surface area contributed by atoms with Crippen LogP contribution in [0.1, 0.15) is 58.1 Å². The van der Waals surface area contributed by atoms with Gasteiger partial charge in [-0.05, 0) is 57.7 Å². The van der Waals surface area contributed by atoms with Crippen LogP contribution in [-0.2, 0) is 10.3 Å². The summed E-state index contributed by atoms with van der Waals surface area (Å²) in [6.07, 6.45) is 11.6. The minimum Gasteiger partial charge on any atom is -0.454 e. The van der Waals surface area contributed by atoms with Crippen molar-refractivity contribution >= 4 is 17.2 Å². The maximum Gasteiger partial charge on any atom is 0.164 e. The summed E-state index contributed by atoms with van der Waals surface area (Å²) >= 11 is 0. The third-order valence-corrected chi connectivity index (χ3v) is 6.32. The molecular formula is C26H35N5O3. The first-order valence-electron chi connectivity index (χ1n) is 12.1. The van der Waals surface area contributed by atoms with Crippen LogP contribution in [0.3, 0.4) is 0 Å². The molecule has 182 valence electrons. The third-order valence-electron chi connectivity index (χ3n) is 6.32. The van der Waals surface area contributed by atoms with Gasteiger partial charge in [0, 0.05) is 55.5 Å². The van der Waals surface area contributed by atoms with Gasteiger partial charge in [-0.1, -0.05) is 12.8 Å². The summed E-state index contributed by atoms with van der Waals surface area (Å²) in [5.41, 5.74) is 0.805. The fraction of sp³-hybridized carbons (Fsp3) is 0.500. The Morgan fingerprint density at radius 2 is 1.85 bits per heavy atom. The summed E-state index contributed by atoms with van der Waals surface area (Å²) in [4.78, 5) is 8.64. The van der Waals surface area contributed by atoms with Crippen molar-refractivity contribution in [2.45, 2.75) is 64.0 Å². The van der Waals surface area contributed by atoms with Crippen molar-refractivity contribution in [1.82, 2.24) is 15.3 Å². The summed E-state index contributed by atoms with van der Waals surface area (Å²) in [6, 6.07) is 7.66. The lowest BCUT2D eigenvalue weighted by molar-refractivity contribution is 0.0739. The highest BCUT2D eigenvalue weighted by molar-refractivity contribution is 5.98. The molecule has 34 heavy (non-hydrogen) atoms. The fourth-order valence-corrected chi connectivity index (χ4v) is 4.30. The first-order valence-corrected chi connectivity index (χ1v) is 12.1. The highest BCUT2D eigenvalue weighted by Crippen LogP contribution is 2.26. The summed E-state index contributed by atoms with van der Waals surface area (Å²) in [5.74, 6) is 1.88. The molecule has 0 spiro atoms. The number of nitrogens with zero attached hydrogens (tertiary/aromatic N) is 2. The third kappa shape index (κ3) is 6.55. The molecule has 2 aliphatic rings. The van der Waals surface area contributed by atoms with Gasteiger partial charge in [0.25, 0.3) is 0 Å². The second-order valence-electron chi connectivity index (χ2n) is 9.55. The van der Waals surface area contributed by atoms with Crippen LogP contribution in [0.5, 0.6) is 5.75 Å². The van der Waals surface area contributed by atoms with Gasteiger partial charge >= 0.3 is 0 Å². The number of aliphatic hydroxyl groups is 1. The molecule has 1 aliphatic carbocycles. The van der Waals surface area contributed by atoms with Crippen molar-refractivity contribution in [3.8, 4) is 5.75 Å². The summed E-state index contributed by atoms with van der Waals surface area (Å²) < 4.78 is 11.7. The van der Waals surface area contributed by atoms with Gasteiger partial charge in [0.05, 0.1) is 11.4 Å². The van der Waals surface area contributed by atoms with E-state index in [1.54, 1.807) is 38.4 Å². The lowest BCUT2D eigenvalue weighted by Gasteiger charge is -2.24. The maximum absolute atomic E-state index is 10.2. The van der Waals surface area contributed by atoms with Gasteiger partial charge in [0.15, 0.2) is 5.76 Å². The molecule has 1 saturated carbocycles. The van der Waals surface area contributed by atoms with Gasteiger partial charge in [-0.3, -0.25) is 4.98 Å². The molecule has 4 rings (SSSR count). The molecule has 8 nitrogen and oxygen atoms in total. The average Bonchev–Trinajstić information content (AvgIpc) is 3.35. The Morgan fingerprint density at radius 3 is 2.59 bits per heavy atom. The smallest absolute Gasteiger partial charge is 0.164 e. The normalized spacial score (nSPS) is 18.0. The lowest BCUT2D eigenvalue weighted by Crippen LogP contribution is -2.28. The van der Waals surface area contributed by atoms with Crippen molar-refractivity contribution in [2.75, 3.05) is 18.5 Å². The van der Waals surface area contributed by atoms with Crippen LogP contribution in [0.15, 0.2) is 48.6 Å². The molecule has 0 amide bonds. The van der Waals surface area contributed by atoms with E-state index >= 15 is 0 Å². The van der Waals surface area contributed by atoms with E-state index in [4.69, 9.17) is 14.9 Å². The Balaban J connectivity index is 1.50. The lowest BCUT2D eigenvalue weighted by atomic mass is 9.93. The summed E-state index contributed by atoms with van der Waals surface area (Å²) in [7, 11) is 0. The average molecular weight is 466 g/mol. The summed E-state index contributed by atoms with van der Waals surface area (Å²) in [6.45, 7) is 4.76. The first-order chi connectivity index (χ1) is 16.4. The van der Waals surface area contributed by atoms with Gasteiger partial charge in [-0.25, -0.2) is 4.98 Å². The first kappa shape index (κ1) is 24.2. The van der Waals surface area contributed by atoms with Crippen LogP contribution in [0.25, 0.3) is 0 Å². The number of aromatic nitrogens is 2. The molecule has 8 heteroatoms. The highest BCUT2D eigenvalue weighted by Gasteiger charge is 2.24. The molecule has 4 N–H and O–H groups in total. The number of allylic oxidation sites excluding steroid dienone is 1. The van der Waals surface area contributed by atoms with Crippen LogP contribution in [0.2, 0.25) is 0 Å². The van der Waals surface area contributed by atoms with E-state index in [0.717, 1.165) is 31.4 Å². The van der Waals surface area contributed by atoms with Gasteiger partial charge in [-0.2, -0.15) is 0 Å². The van der Waals surface area contributed by atoms with E-state index in [-0.39, 0.29) is 5.92 Å². The molecule has 0 aromatic carbocycles. The molecule has 3 heterocycles. The second-order valence-corrected chi connectivity index (χ2v) is 9.55. The predicted molar refractivity (Wildman–Crippen MR) is 132 cm³/mol. The SMILES string of the molecule is CC(C)(O)c1cc(Nc2cc(O/C(=C/NC3CCCC3)C(=N)C3CCOCC3)ccn2)ccn1. The molecule has 0 atom stereocenters. The van der Waals surface area contributed by atoms with E-state index in [9.17, 15) is 5.11 Å². The van der Waals surface area contributed by atoms with Crippen LogP contribution in [-0.4, -0.2) is 40.0 Å². The topological polar surface area (TPSA) is 112 Å². The quantitative estimate of drug-likeness (QED) is 0.315. The maximum atomic E-state index is 10.2. The molecule has 0 unspecified atom stereocenters. The van der Waals surface area contributed by atoms with Crippen LogP contribution >= 0.6 is 0 Å². The van der Waals surface area contributed by atoms with Crippen molar-refractivity contribution in [3.63, 3.8) is 0 Å². The number of hydrogen-bond donors (Lipinski definition) is 4. The molecule has 1 aliphatic heterocycles. The monoisotopic (exact) mass is 465 g/mol. The van der Waals surface area contributed by atoms with Crippen LogP contribution in [0.4, 0.5) is 11.5 Å². The zero-order valence-corrected chi connectivity index (χ0v) is 20.0. The summed E-state index contributed by atoms with van der Waals surface area (Å²) in [5, 5.41) is 25.8. The Morgan fingerprint density at radius 1 is 1.12 bits per heavy atom. The number of hydrogen-bond acceptors (Lipinski definition) is 8. The second kappa shape index (κ2) is 11.0. The Labute approximate surface area is 201 Å². The molecular weight excluding hydrogens is 430 g/mol. The van der Waals surface area contributed by atoms with Crippen molar-refractivity contribution < 1.29 is 14.6 Å². The van der Waals surface area contributed by atoms with E-state index in [1.807, 2.05) is 18.3 Å². The van der Waals surface area contributed by atoms with Crippen LogP contribution in [0, 0.1) is 11.3 Å². The Kier molecular flexibility index (Phi) is 7.80.